The number of rotatable bonds is 9. The Morgan fingerprint density at radius 3 is 2.50 bits per heavy atom. The lowest BCUT2D eigenvalue weighted by molar-refractivity contribution is 0.220. The van der Waals surface area contributed by atoms with Gasteiger partial charge in [0.05, 0.1) is 0 Å². The fourth-order valence-corrected chi connectivity index (χ4v) is 2.19. The van der Waals surface area contributed by atoms with Crippen molar-refractivity contribution >= 4 is 0 Å². The first-order chi connectivity index (χ1) is 9.58. The van der Waals surface area contributed by atoms with Crippen molar-refractivity contribution in [1.29, 1.82) is 0 Å². The second kappa shape index (κ2) is 8.98. The lowest BCUT2D eigenvalue weighted by Crippen LogP contribution is -2.28. The van der Waals surface area contributed by atoms with Crippen LogP contribution in [0.2, 0.25) is 0 Å². The largest absolute Gasteiger partial charge is 0.492 e. The summed E-state index contributed by atoms with van der Waals surface area (Å²) in [7, 11) is 0. The number of likely N-dealkylation sites (N-methyl/N-ethyl adjacent to an activating group) is 1. The van der Waals surface area contributed by atoms with Crippen molar-refractivity contribution in [3.63, 3.8) is 0 Å². The molecule has 1 rings (SSSR count). The highest BCUT2D eigenvalue weighted by Gasteiger charge is 2.08. The summed E-state index contributed by atoms with van der Waals surface area (Å²) in [5.74, 6) is 1.05. The van der Waals surface area contributed by atoms with Gasteiger partial charge in [0.2, 0.25) is 0 Å². The average molecular weight is 278 g/mol. The zero-order valence-corrected chi connectivity index (χ0v) is 13.7. The number of nitrogens with one attached hydrogen (secondary N) is 1. The molecule has 1 N–H and O–H groups in total. The minimum absolute atomic E-state index is 0.485. The molecule has 3 heteroatoms. The van der Waals surface area contributed by atoms with Crippen molar-refractivity contribution in [2.24, 2.45) is 0 Å². The topological polar surface area (TPSA) is 24.5 Å². The molecule has 1 aromatic rings. The Bertz CT molecular complexity index is 387. The summed E-state index contributed by atoms with van der Waals surface area (Å²) in [6.45, 7) is 15.6. The number of nitrogens with zero attached hydrogens (tertiary/aromatic N) is 1. The van der Waals surface area contributed by atoms with E-state index in [1.54, 1.807) is 0 Å². The van der Waals surface area contributed by atoms with Gasteiger partial charge in [-0.3, -0.25) is 0 Å². The van der Waals surface area contributed by atoms with Gasteiger partial charge in [-0.1, -0.05) is 45.9 Å². The van der Waals surface area contributed by atoms with Gasteiger partial charge < -0.3 is 15.0 Å². The third-order valence-electron chi connectivity index (χ3n) is 3.54. The average Bonchev–Trinajstić information content (AvgIpc) is 2.43. The van der Waals surface area contributed by atoms with Crippen LogP contribution in [-0.2, 0) is 6.54 Å². The third kappa shape index (κ3) is 5.51. The summed E-state index contributed by atoms with van der Waals surface area (Å²) >= 11 is 0. The highest BCUT2D eigenvalue weighted by atomic mass is 16.5. The molecule has 114 valence electrons. The van der Waals surface area contributed by atoms with Gasteiger partial charge in [0.1, 0.15) is 12.4 Å². The van der Waals surface area contributed by atoms with Crippen LogP contribution in [0.3, 0.4) is 0 Å². The Morgan fingerprint density at radius 1 is 1.20 bits per heavy atom. The number of aryl methyl sites for hydroxylation is 1. The van der Waals surface area contributed by atoms with Crippen LogP contribution in [0, 0.1) is 6.92 Å². The van der Waals surface area contributed by atoms with Gasteiger partial charge in [-0.15, -0.1) is 0 Å². The van der Waals surface area contributed by atoms with Gasteiger partial charge >= 0.3 is 0 Å². The van der Waals surface area contributed by atoms with Crippen molar-refractivity contribution in [2.45, 2.75) is 47.2 Å². The van der Waals surface area contributed by atoms with Gasteiger partial charge in [-0.25, -0.2) is 0 Å². The van der Waals surface area contributed by atoms with E-state index in [1.165, 1.54) is 11.1 Å². The molecule has 0 aliphatic heterocycles. The van der Waals surface area contributed by atoms with Crippen molar-refractivity contribution in [1.82, 2.24) is 10.2 Å². The Balaban J connectivity index is 2.62. The van der Waals surface area contributed by atoms with E-state index in [1.807, 2.05) is 0 Å². The molecule has 0 fully saturated rings. The fraction of sp³-hybridized carbons (Fsp3) is 0.647. The smallest absolute Gasteiger partial charge is 0.126 e. The first-order valence-corrected chi connectivity index (χ1v) is 7.75. The molecule has 0 heterocycles. The molecule has 0 aliphatic carbocycles. The molecule has 0 bridgehead atoms. The van der Waals surface area contributed by atoms with Crippen LogP contribution in [-0.4, -0.2) is 37.2 Å². The Hall–Kier alpha value is -1.06. The summed E-state index contributed by atoms with van der Waals surface area (Å²) in [6, 6.07) is 6.85. The summed E-state index contributed by atoms with van der Waals surface area (Å²) in [4.78, 5) is 2.38. The zero-order chi connectivity index (χ0) is 15.0. The molecular weight excluding hydrogens is 248 g/mol. The quantitative estimate of drug-likeness (QED) is 0.750. The van der Waals surface area contributed by atoms with Crippen LogP contribution >= 0.6 is 0 Å². The zero-order valence-electron chi connectivity index (χ0n) is 13.7. The van der Waals surface area contributed by atoms with Crippen LogP contribution < -0.4 is 10.1 Å². The van der Waals surface area contributed by atoms with Crippen LogP contribution in [0.15, 0.2) is 18.2 Å². The summed E-state index contributed by atoms with van der Waals surface area (Å²) < 4.78 is 6.05. The molecule has 3 nitrogen and oxygen atoms in total. The van der Waals surface area contributed by atoms with Gasteiger partial charge in [0, 0.05) is 24.7 Å². The molecule has 0 amide bonds. The molecule has 0 aliphatic rings. The normalized spacial score (nSPS) is 11.3. The lowest BCUT2D eigenvalue weighted by Gasteiger charge is -2.20. The second-order valence-electron chi connectivity index (χ2n) is 5.47. The van der Waals surface area contributed by atoms with Crippen LogP contribution in [0.25, 0.3) is 0 Å². The SMILES string of the molecule is CCN(CC)CCOc1c(C)cccc1CNC(C)C. The van der Waals surface area contributed by atoms with Crippen molar-refractivity contribution in [2.75, 3.05) is 26.2 Å². The van der Waals surface area contributed by atoms with E-state index in [9.17, 15) is 0 Å². The highest BCUT2D eigenvalue weighted by molar-refractivity contribution is 5.40. The van der Waals surface area contributed by atoms with Gasteiger partial charge in [-0.05, 0) is 25.6 Å². The molecule has 0 saturated heterocycles. The molecule has 0 radical (unpaired) electrons. The highest BCUT2D eigenvalue weighted by Crippen LogP contribution is 2.23. The lowest BCUT2D eigenvalue weighted by atomic mass is 10.1. The van der Waals surface area contributed by atoms with Gasteiger partial charge in [0.25, 0.3) is 0 Å². The number of hydrogen-bond acceptors (Lipinski definition) is 3. The molecule has 0 unspecified atom stereocenters. The first kappa shape index (κ1) is 17.0. The van der Waals surface area contributed by atoms with E-state index in [0.29, 0.717) is 6.04 Å². The maximum Gasteiger partial charge on any atom is 0.126 e. The van der Waals surface area contributed by atoms with Crippen LogP contribution in [0.1, 0.15) is 38.8 Å². The second-order valence-corrected chi connectivity index (χ2v) is 5.47. The third-order valence-corrected chi connectivity index (χ3v) is 3.54. The van der Waals surface area contributed by atoms with Crippen LogP contribution in [0.4, 0.5) is 0 Å². The van der Waals surface area contributed by atoms with Gasteiger partial charge in [0.15, 0.2) is 0 Å². The van der Waals surface area contributed by atoms with Crippen molar-refractivity contribution < 1.29 is 4.74 Å². The molecule has 0 atom stereocenters. The van der Waals surface area contributed by atoms with E-state index in [-0.39, 0.29) is 0 Å². The molecule has 0 saturated carbocycles. The van der Waals surface area contributed by atoms with E-state index in [4.69, 9.17) is 4.74 Å². The maximum atomic E-state index is 6.05. The van der Waals surface area contributed by atoms with Crippen molar-refractivity contribution in [3.05, 3.63) is 29.3 Å². The predicted octanol–water partition coefficient (Wildman–Crippen LogP) is 3.21. The Morgan fingerprint density at radius 2 is 1.90 bits per heavy atom. The molecular formula is C17H30N2O. The fourth-order valence-electron chi connectivity index (χ4n) is 2.19. The number of hydrogen-bond donors (Lipinski definition) is 1. The van der Waals surface area contributed by atoms with Gasteiger partial charge in [-0.2, -0.15) is 0 Å². The maximum absolute atomic E-state index is 6.05. The minimum atomic E-state index is 0.485. The summed E-state index contributed by atoms with van der Waals surface area (Å²) in [5.41, 5.74) is 2.46. The molecule has 20 heavy (non-hydrogen) atoms. The summed E-state index contributed by atoms with van der Waals surface area (Å²) in [5, 5.41) is 3.46. The van der Waals surface area contributed by atoms with E-state index in [0.717, 1.165) is 38.5 Å². The molecule has 1 aromatic carbocycles. The van der Waals surface area contributed by atoms with E-state index >= 15 is 0 Å². The number of para-hydroxylation sites is 1. The molecule has 0 spiro atoms. The first-order valence-electron chi connectivity index (χ1n) is 7.75. The standard InChI is InChI=1S/C17H30N2O/c1-6-19(7-2)11-12-20-17-15(5)9-8-10-16(17)13-18-14(3)4/h8-10,14,18H,6-7,11-13H2,1-5H3. The minimum Gasteiger partial charge on any atom is -0.492 e. The van der Waals surface area contributed by atoms with Crippen molar-refractivity contribution in [3.8, 4) is 5.75 Å². The van der Waals surface area contributed by atoms with E-state index < -0.39 is 0 Å². The number of benzene rings is 1. The Labute approximate surface area is 124 Å². The predicted molar refractivity (Wildman–Crippen MR) is 86.4 cm³/mol. The number of ether oxygens (including phenoxy) is 1. The molecule has 0 aromatic heterocycles. The monoisotopic (exact) mass is 278 g/mol. The Kier molecular flexibility index (Phi) is 7.63. The van der Waals surface area contributed by atoms with Crippen LogP contribution in [0.5, 0.6) is 5.75 Å². The van der Waals surface area contributed by atoms with E-state index in [2.05, 4.69) is 63.0 Å². The summed E-state index contributed by atoms with van der Waals surface area (Å²) in [6.07, 6.45) is 0.